The van der Waals surface area contributed by atoms with E-state index >= 15 is 0 Å². The van der Waals surface area contributed by atoms with Gasteiger partial charge in [-0.15, -0.1) is 0 Å². The standard InChI is InChI=1S/C16H23N3O2/c1-12-7-9-14(10-8-12)18-15(20)11-17-16(21)19-13-5-3-2-4-6-13/h7-10,13H,2-6,11H2,1H3,(H,18,20)(H2,17,19,21). The molecule has 0 bridgehead atoms. The SMILES string of the molecule is Cc1ccc(NC(=O)CNC(=O)NC2CCCCC2)cc1. The summed E-state index contributed by atoms with van der Waals surface area (Å²) < 4.78 is 0. The highest BCUT2D eigenvalue weighted by Gasteiger charge is 2.15. The zero-order chi connectivity index (χ0) is 15.1. The highest BCUT2D eigenvalue weighted by molar-refractivity contribution is 5.94. The molecule has 0 spiro atoms. The average Bonchev–Trinajstić information content (AvgIpc) is 2.49. The third-order valence-electron chi connectivity index (χ3n) is 3.69. The number of benzene rings is 1. The average molecular weight is 289 g/mol. The van der Waals surface area contributed by atoms with Gasteiger partial charge in [0.1, 0.15) is 0 Å². The molecule has 3 N–H and O–H groups in total. The van der Waals surface area contributed by atoms with Gasteiger partial charge < -0.3 is 16.0 Å². The third-order valence-corrected chi connectivity index (χ3v) is 3.69. The monoisotopic (exact) mass is 289 g/mol. The van der Waals surface area contributed by atoms with Gasteiger partial charge in [0.05, 0.1) is 6.54 Å². The van der Waals surface area contributed by atoms with Crippen LogP contribution in [0.25, 0.3) is 0 Å². The summed E-state index contributed by atoms with van der Waals surface area (Å²) in [7, 11) is 0. The van der Waals surface area contributed by atoms with Crippen LogP contribution in [-0.2, 0) is 4.79 Å². The lowest BCUT2D eigenvalue weighted by Gasteiger charge is -2.22. The van der Waals surface area contributed by atoms with Crippen LogP contribution in [-0.4, -0.2) is 24.5 Å². The van der Waals surface area contributed by atoms with Crippen molar-refractivity contribution in [3.63, 3.8) is 0 Å². The number of rotatable bonds is 4. The van der Waals surface area contributed by atoms with Crippen molar-refractivity contribution in [2.24, 2.45) is 0 Å². The van der Waals surface area contributed by atoms with Crippen LogP contribution in [0.1, 0.15) is 37.7 Å². The molecule has 5 nitrogen and oxygen atoms in total. The van der Waals surface area contributed by atoms with Crippen molar-refractivity contribution in [1.29, 1.82) is 0 Å². The van der Waals surface area contributed by atoms with Gasteiger partial charge in [-0.25, -0.2) is 4.79 Å². The Kier molecular flexibility index (Phi) is 5.60. The highest BCUT2D eigenvalue weighted by Crippen LogP contribution is 2.17. The smallest absolute Gasteiger partial charge is 0.315 e. The summed E-state index contributed by atoms with van der Waals surface area (Å²) in [5.41, 5.74) is 1.87. The predicted octanol–water partition coefficient (Wildman–Crippen LogP) is 2.57. The highest BCUT2D eigenvalue weighted by atomic mass is 16.2. The van der Waals surface area contributed by atoms with Crippen LogP contribution in [0.5, 0.6) is 0 Å². The molecule has 0 aliphatic heterocycles. The molecule has 1 saturated carbocycles. The molecule has 2 rings (SSSR count). The zero-order valence-electron chi connectivity index (χ0n) is 12.4. The van der Waals surface area contributed by atoms with E-state index in [9.17, 15) is 9.59 Å². The van der Waals surface area contributed by atoms with Crippen LogP contribution in [0.2, 0.25) is 0 Å². The summed E-state index contributed by atoms with van der Waals surface area (Å²) in [5, 5.41) is 8.26. The topological polar surface area (TPSA) is 70.2 Å². The first-order chi connectivity index (χ1) is 10.1. The fourth-order valence-corrected chi connectivity index (χ4v) is 2.49. The van der Waals surface area contributed by atoms with Gasteiger partial charge in [-0.05, 0) is 31.9 Å². The Labute approximate surface area is 125 Å². The second-order valence-corrected chi connectivity index (χ2v) is 5.58. The molecule has 1 fully saturated rings. The van der Waals surface area contributed by atoms with Gasteiger partial charge in [0.15, 0.2) is 0 Å². The minimum absolute atomic E-state index is 0.0214. The van der Waals surface area contributed by atoms with Crippen LogP contribution >= 0.6 is 0 Å². The molecule has 3 amide bonds. The molecular weight excluding hydrogens is 266 g/mol. The summed E-state index contributed by atoms with van der Waals surface area (Å²) in [6.45, 7) is 1.97. The first-order valence-electron chi connectivity index (χ1n) is 7.54. The van der Waals surface area contributed by atoms with Gasteiger partial charge in [0, 0.05) is 11.7 Å². The largest absolute Gasteiger partial charge is 0.335 e. The van der Waals surface area contributed by atoms with Gasteiger partial charge >= 0.3 is 6.03 Å². The minimum Gasteiger partial charge on any atom is -0.335 e. The number of aryl methyl sites for hydroxylation is 1. The molecule has 21 heavy (non-hydrogen) atoms. The number of nitrogens with one attached hydrogen (secondary N) is 3. The normalized spacial score (nSPS) is 15.3. The minimum atomic E-state index is -0.263. The molecule has 0 unspecified atom stereocenters. The fourth-order valence-electron chi connectivity index (χ4n) is 2.49. The fraction of sp³-hybridized carbons (Fsp3) is 0.500. The number of carbonyl (C=O) groups is 2. The molecule has 114 valence electrons. The van der Waals surface area contributed by atoms with E-state index in [4.69, 9.17) is 0 Å². The van der Waals surface area contributed by atoms with Crippen molar-refractivity contribution in [3.05, 3.63) is 29.8 Å². The number of urea groups is 1. The lowest BCUT2D eigenvalue weighted by molar-refractivity contribution is -0.115. The molecule has 1 aromatic rings. The predicted molar refractivity (Wildman–Crippen MR) is 83.2 cm³/mol. The van der Waals surface area contributed by atoms with Gasteiger partial charge in [-0.3, -0.25) is 4.79 Å². The first kappa shape index (κ1) is 15.4. The van der Waals surface area contributed by atoms with E-state index in [0.29, 0.717) is 0 Å². The first-order valence-corrected chi connectivity index (χ1v) is 7.54. The van der Waals surface area contributed by atoms with Crippen molar-refractivity contribution in [3.8, 4) is 0 Å². The number of hydrogen-bond donors (Lipinski definition) is 3. The Bertz CT molecular complexity index is 479. The lowest BCUT2D eigenvalue weighted by Crippen LogP contribution is -2.45. The molecule has 0 saturated heterocycles. The number of amides is 3. The molecule has 0 heterocycles. The number of carbonyl (C=O) groups excluding carboxylic acids is 2. The molecule has 1 aliphatic carbocycles. The van der Waals surface area contributed by atoms with Crippen molar-refractivity contribution < 1.29 is 9.59 Å². The summed E-state index contributed by atoms with van der Waals surface area (Å²) in [5.74, 6) is -0.224. The Morgan fingerprint density at radius 1 is 1.10 bits per heavy atom. The quantitative estimate of drug-likeness (QED) is 0.797. The maximum atomic E-state index is 11.7. The van der Waals surface area contributed by atoms with E-state index in [1.54, 1.807) is 0 Å². The van der Waals surface area contributed by atoms with E-state index in [0.717, 1.165) is 24.1 Å². The molecule has 0 aromatic heterocycles. The van der Waals surface area contributed by atoms with Gasteiger partial charge in [0.2, 0.25) is 5.91 Å². The Morgan fingerprint density at radius 3 is 2.43 bits per heavy atom. The van der Waals surface area contributed by atoms with E-state index in [1.165, 1.54) is 19.3 Å². The molecular formula is C16H23N3O2. The van der Waals surface area contributed by atoms with Gasteiger partial charge in [-0.1, -0.05) is 37.0 Å². The third kappa shape index (κ3) is 5.45. The molecule has 0 radical (unpaired) electrons. The molecule has 1 aliphatic rings. The molecule has 1 aromatic carbocycles. The Balaban J connectivity index is 1.68. The van der Waals surface area contributed by atoms with Gasteiger partial charge in [0.25, 0.3) is 0 Å². The number of hydrogen-bond acceptors (Lipinski definition) is 2. The van der Waals surface area contributed by atoms with Crippen LogP contribution in [0.15, 0.2) is 24.3 Å². The van der Waals surface area contributed by atoms with E-state index < -0.39 is 0 Å². The van der Waals surface area contributed by atoms with E-state index in [1.807, 2.05) is 31.2 Å². The van der Waals surface area contributed by atoms with E-state index in [-0.39, 0.29) is 24.5 Å². The van der Waals surface area contributed by atoms with E-state index in [2.05, 4.69) is 16.0 Å². The van der Waals surface area contributed by atoms with Gasteiger partial charge in [-0.2, -0.15) is 0 Å². The maximum absolute atomic E-state index is 11.7. The zero-order valence-corrected chi connectivity index (χ0v) is 12.4. The van der Waals surface area contributed by atoms with Crippen molar-refractivity contribution in [1.82, 2.24) is 10.6 Å². The second kappa shape index (κ2) is 7.67. The van der Waals surface area contributed by atoms with Crippen LogP contribution in [0, 0.1) is 6.92 Å². The van der Waals surface area contributed by atoms with Crippen molar-refractivity contribution in [2.75, 3.05) is 11.9 Å². The van der Waals surface area contributed by atoms with Crippen molar-refractivity contribution in [2.45, 2.75) is 45.1 Å². The van der Waals surface area contributed by atoms with Crippen LogP contribution in [0.3, 0.4) is 0 Å². The Hall–Kier alpha value is -2.04. The second-order valence-electron chi connectivity index (χ2n) is 5.58. The Morgan fingerprint density at radius 2 is 1.76 bits per heavy atom. The van der Waals surface area contributed by atoms with Crippen molar-refractivity contribution >= 4 is 17.6 Å². The maximum Gasteiger partial charge on any atom is 0.315 e. The molecule has 0 atom stereocenters. The molecule has 5 heteroatoms. The summed E-state index contributed by atoms with van der Waals surface area (Å²) in [6, 6.07) is 7.53. The van der Waals surface area contributed by atoms with Crippen LogP contribution < -0.4 is 16.0 Å². The summed E-state index contributed by atoms with van der Waals surface area (Å²) >= 11 is 0. The summed E-state index contributed by atoms with van der Waals surface area (Å²) in [6.07, 6.45) is 5.64. The lowest BCUT2D eigenvalue weighted by atomic mass is 9.96. The number of anilines is 1. The summed E-state index contributed by atoms with van der Waals surface area (Å²) in [4.78, 5) is 23.5. The van der Waals surface area contributed by atoms with Crippen LogP contribution in [0.4, 0.5) is 10.5 Å².